The highest BCUT2D eigenvalue weighted by molar-refractivity contribution is 5.80. The molecular formula is C92H104F4N20O8. The van der Waals surface area contributed by atoms with Gasteiger partial charge in [0.05, 0.1) is 51.2 Å². The first kappa shape index (κ1) is 86.9. The number of nitrogens with zero attached hydrogens (tertiary/aromatic N) is 20. The molecule has 0 atom stereocenters. The molecule has 0 spiro atoms. The number of aromatic nitrogens is 12. The van der Waals surface area contributed by atoms with Gasteiger partial charge in [-0.1, -0.05) is 50.6 Å². The topological polar surface area (TPSA) is 270 Å². The highest BCUT2D eigenvalue weighted by atomic mass is 19.1. The molecule has 17 rings (SSSR count). The molecule has 4 aliphatic heterocycles. The maximum absolute atomic E-state index is 13.8. The van der Waals surface area contributed by atoms with E-state index in [-0.39, 0.29) is 73.1 Å². The SMILES string of the molecule is CCCc1cc(-c2ccc(F)c(C)c2)nn1CC(=O)N1CCN(c2nc(C)co2)CC1.CCc1cc(-c2ccc(F)c(C)c2)nn1CC(=O)N1CCN(c2nc(C)co2)CC1.Cc1coc(N2CCN(C(=O)Cn3nc(-c4ccc(F)c(C)c4)cc3-c3ccccc3)CC2)n1.Cc1coc(N2CCN(C(=O)Cn3nc(-c4ccc(F)c(C)c4)cc3C)CC2)n1. The fraction of sp³-hybridized carbons (Fsp3) is 0.370. The number of carbonyl (C=O) groups excluding carboxylic acids is 4. The molecule has 0 aliphatic carbocycles. The number of aryl methyl sites for hydroxylation is 11. The fourth-order valence-electron chi connectivity index (χ4n) is 15.2. The fourth-order valence-corrected chi connectivity index (χ4v) is 15.2. The third kappa shape index (κ3) is 21.2. The van der Waals surface area contributed by atoms with Gasteiger partial charge in [0, 0.05) is 144 Å². The summed E-state index contributed by atoms with van der Waals surface area (Å²) in [5, 5.41) is 18.6. The van der Waals surface area contributed by atoms with E-state index in [1.807, 2.05) is 121 Å². The number of anilines is 4. The maximum atomic E-state index is 13.8. The van der Waals surface area contributed by atoms with Gasteiger partial charge >= 0.3 is 0 Å². The molecular weight excluding hydrogens is 1590 g/mol. The van der Waals surface area contributed by atoms with Crippen molar-refractivity contribution in [2.75, 3.05) is 124 Å². The molecule has 32 heteroatoms. The zero-order chi connectivity index (χ0) is 87.4. The van der Waals surface area contributed by atoms with Crippen LogP contribution in [0.15, 0.2) is 170 Å². The predicted molar refractivity (Wildman–Crippen MR) is 463 cm³/mol. The Kier molecular flexibility index (Phi) is 27.5. The summed E-state index contributed by atoms with van der Waals surface area (Å²) in [7, 11) is 0. The molecule has 8 aromatic heterocycles. The van der Waals surface area contributed by atoms with Gasteiger partial charge in [-0.2, -0.15) is 40.3 Å². The third-order valence-corrected chi connectivity index (χ3v) is 22.4. The lowest BCUT2D eigenvalue weighted by Gasteiger charge is -2.33. The normalized spacial score (nSPS) is 14.3. The number of rotatable bonds is 20. The van der Waals surface area contributed by atoms with Crippen molar-refractivity contribution in [1.82, 2.24) is 78.7 Å². The number of halogens is 4. The number of piperazine rings is 4. The second kappa shape index (κ2) is 39.2. The Labute approximate surface area is 717 Å². The van der Waals surface area contributed by atoms with Crippen LogP contribution in [0.4, 0.5) is 41.6 Å². The van der Waals surface area contributed by atoms with E-state index in [0.717, 1.165) is 110 Å². The lowest BCUT2D eigenvalue weighted by Crippen LogP contribution is -2.49. The third-order valence-electron chi connectivity index (χ3n) is 22.4. The van der Waals surface area contributed by atoms with E-state index in [2.05, 4.69) is 56.9 Å². The van der Waals surface area contributed by atoms with Crippen LogP contribution < -0.4 is 19.6 Å². The molecule has 5 aromatic carbocycles. The quantitative estimate of drug-likeness (QED) is 0.0641. The number of hydrogen-bond donors (Lipinski definition) is 0. The Bertz CT molecular complexity index is 5870. The molecule has 4 saturated heterocycles. The van der Waals surface area contributed by atoms with Crippen molar-refractivity contribution in [3.8, 4) is 56.3 Å². The van der Waals surface area contributed by atoms with Crippen LogP contribution in [-0.4, -0.2) is 207 Å². The minimum atomic E-state index is -0.249. The molecule has 0 bridgehead atoms. The standard InChI is InChI=1S/C26H26FN5O2.C23H28FN5O2.C22H26FN5O2.C21H24FN5O2/c1-18-14-21(8-9-22(18)27)23-15-24(20-6-4-3-5-7-20)32(29-23)16-25(33)30-10-12-31(13-11-30)26-28-19(2)17-34-26;1-4-5-19-13-21(18-6-7-20(24)16(2)12-18)26-29(19)14-22(30)27-8-10-28(11-9-27)23-25-17(3)15-31-23;1-4-18-12-20(17-5-6-19(23)15(2)11-17)25-28(18)13-21(29)26-7-9-27(10-8-26)22-24-16(3)14-30-22;1-14-10-17(4-5-18(14)22)19-11-16(3)27(24-19)12-20(28)25-6-8-26(9-7-25)21-23-15(2)13-29-21/h3-9,14-15,17H,10-13,16H2,1-2H3;6-7,12-13,15H,4-5,8-11,14H2,1-3H3;5-6,11-12,14H,4,7-10,13H2,1-3H3;4-5,10-11,13H,6-9,12H2,1-3H3. The minimum Gasteiger partial charge on any atom is -0.432 e. The first-order chi connectivity index (χ1) is 59.8. The van der Waals surface area contributed by atoms with Gasteiger partial charge in [-0.05, 0) is 200 Å². The molecule has 0 saturated carbocycles. The second-order valence-corrected chi connectivity index (χ2v) is 31.6. The average molecular weight is 1690 g/mol. The van der Waals surface area contributed by atoms with Crippen molar-refractivity contribution in [2.45, 2.75) is 122 Å². The van der Waals surface area contributed by atoms with E-state index in [9.17, 15) is 36.7 Å². The Balaban J connectivity index is 0.000000135. The molecule has 13 aromatic rings. The van der Waals surface area contributed by atoms with Crippen molar-refractivity contribution in [1.29, 1.82) is 0 Å². The van der Waals surface area contributed by atoms with Crippen LogP contribution in [0.3, 0.4) is 0 Å². The molecule has 648 valence electrons. The van der Waals surface area contributed by atoms with Crippen LogP contribution in [-0.2, 0) is 58.2 Å². The summed E-state index contributed by atoms with van der Waals surface area (Å²) in [4.78, 5) is 84.9. The molecule has 0 N–H and O–H groups in total. The molecule has 4 fully saturated rings. The first-order valence-electron chi connectivity index (χ1n) is 41.9. The largest absolute Gasteiger partial charge is 0.432 e. The van der Waals surface area contributed by atoms with Crippen LogP contribution in [0.5, 0.6) is 0 Å². The van der Waals surface area contributed by atoms with E-state index < -0.39 is 0 Å². The summed E-state index contributed by atoms with van der Waals surface area (Å²) in [5.41, 5.74) is 16.7. The van der Waals surface area contributed by atoms with Gasteiger partial charge in [-0.25, -0.2) is 17.6 Å². The summed E-state index contributed by atoms with van der Waals surface area (Å²) in [5.74, 6) is -0.829. The Hall–Kier alpha value is -13.4. The van der Waals surface area contributed by atoms with Crippen molar-refractivity contribution in [3.63, 3.8) is 0 Å². The van der Waals surface area contributed by atoms with Crippen molar-refractivity contribution >= 4 is 47.7 Å². The predicted octanol–water partition coefficient (Wildman–Crippen LogP) is 14.1. The van der Waals surface area contributed by atoms with Gasteiger partial charge in [0.1, 0.15) is 74.5 Å². The number of benzene rings is 5. The van der Waals surface area contributed by atoms with Crippen LogP contribution in [0.2, 0.25) is 0 Å². The van der Waals surface area contributed by atoms with Gasteiger partial charge in [-0.3, -0.25) is 37.9 Å². The van der Waals surface area contributed by atoms with E-state index in [4.69, 9.17) is 22.8 Å². The zero-order valence-electron chi connectivity index (χ0n) is 71.9. The summed E-state index contributed by atoms with van der Waals surface area (Å²) >= 11 is 0. The highest BCUT2D eigenvalue weighted by Crippen LogP contribution is 2.31. The summed E-state index contributed by atoms with van der Waals surface area (Å²) in [6.07, 6.45) is 9.09. The molecule has 124 heavy (non-hydrogen) atoms. The first-order valence-corrected chi connectivity index (χ1v) is 41.9. The van der Waals surface area contributed by atoms with Crippen molar-refractivity contribution in [3.05, 3.63) is 238 Å². The van der Waals surface area contributed by atoms with Gasteiger partial charge in [0.25, 0.3) is 24.1 Å². The number of carbonyl (C=O) groups is 4. The van der Waals surface area contributed by atoms with Crippen LogP contribution in [0, 0.1) is 85.6 Å². The molecule has 0 radical (unpaired) electrons. The van der Waals surface area contributed by atoms with Crippen molar-refractivity contribution < 1.29 is 54.4 Å². The minimum absolute atomic E-state index is 0.00496. The second-order valence-electron chi connectivity index (χ2n) is 31.6. The lowest BCUT2D eigenvalue weighted by atomic mass is 10.1. The van der Waals surface area contributed by atoms with Crippen molar-refractivity contribution in [2.24, 2.45) is 0 Å². The van der Waals surface area contributed by atoms with E-state index in [1.165, 1.54) is 24.3 Å². The van der Waals surface area contributed by atoms with Gasteiger partial charge < -0.3 is 56.9 Å². The Morgan fingerprint density at radius 1 is 0.323 bits per heavy atom. The lowest BCUT2D eigenvalue weighted by molar-refractivity contribution is -0.133. The summed E-state index contributed by atoms with van der Waals surface area (Å²) in [6, 6.07) is 40.0. The number of amides is 4. The zero-order valence-corrected chi connectivity index (χ0v) is 71.9. The monoisotopic (exact) mass is 1690 g/mol. The van der Waals surface area contributed by atoms with E-state index in [1.54, 1.807) is 120 Å². The molecule has 12 heterocycles. The van der Waals surface area contributed by atoms with Crippen LogP contribution in [0.1, 0.15) is 82.4 Å². The molecule has 28 nitrogen and oxygen atoms in total. The summed E-state index contributed by atoms with van der Waals surface area (Å²) in [6.45, 7) is 31.6. The van der Waals surface area contributed by atoms with Crippen LogP contribution >= 0.6 is 0 Å². The smallest absolute Gasteiger partial charge is 0.297 e. The maximum Gasteiger partial charge on any atom is 0.297 e. The molecule has 0 unspecified atom stereocenters. The number of hydrogen-bond acceptors (Lipinski definition) is 20. The van der Waals surface area contributed by atoms with Gasteiger partial charge in [-0.15, -0.1) is 0 Å². The summed E-state index contributed by atoms with van der Waals surface area (Å²) < 4.78 is 83.4. The highest BCUT2D eigenvalue weighted by Gasteiger charge is 2.31. The van der Waals surface area contributed by atoms with E-state index >= 15 is 0 Å². The van der Waals surface area contributed by atoms with Crippen LogP contribution in [0.25, 0.3) is 56.3 Å². The Morgan fingerprint density at radius 2 is 0.613 bits per heavy atom. The van der Waals surface area contributed by atoms with Gasteiger partial charge in [0.15, 0.2) is 0 Å². The number of oxazole rings is 4. The molecule has 4 aliphatic rings. The van der Waals surface area contributed by atoms with Gasteiger partial charge in [0.2, 0.25) is 23.6 Å². The Morgan fingerprint density at radius 3 is 0.927 bits per heavy atom. The molecule has 4 amide bonds. The average Bonchev–Trinajstić information content (AvgIpc) is 1.65. The van der Waals surface area contributed by atoms with E-state index in [0.29, 0.717) is 157 Å².